The molecular weight excluding hydrogens is 1000 g/mol. The Morgan fingerprint density at radius 1 is 0.732 bits per heavy atom. The highest BCUT2D eigenvalue weighted by atomic mass is 35.6. The molecule has 15 nitrogen and oxygen atoms in total. The summed E-state index contributed by atoms with van der Waals surface area (Å²) in [6.45, 7) is 11.5. The van der Waals surface area contributed by atoms with Crippen molar-refractivity contribution in [2.75, 3.05) is 13.2 Å². The Hall–Kier alpha value is -4.21. The van der Waals surface area contributed by atoms with Crippen LogP contribution in [-0.4, -0.2) is 115 Å². The van der Waals surface area contributed by atoms with Crippen molar-refractivity contribution in [2.45, 2.75) is 137 Å². The van der Waals surface area contributed by atoms with Crippen LogP contribution >= 0.6 is 34.8 Å². The molecule has 0 aromatic heterocycles. The first-order chi connectivity index (χ1) is 33.8. The predicted octanol–water partition coefficient (Wildman–Crippen LogP) is 9.78. The smallest absolute Gasteiger partial charge is 0.448 e. The zero-order valence-corrected chi connectivity index (χ0v) is 41.7. The van der Waals surface area contributed by atoms with E-state index in [2.05, 4.69) is 11.9 Å². The second kappa shape index (κ2) is 23.8. The molecule has 21 heteroatoms. The number of ether oxygens (including phenoxy) is 11. The molecule has 0 radical (unpaired) electrons. The van der Waals surface area contributed by atoms with Gasteiger partial charge in [0.2, 0.25) is 10.1 Å². The lowest BCUT2D eigenvalue weighted by atomic mass is 9.90. The maximum Gasteiger partial charge on any atom is 0.448 e. The summed E-state index contributed by atoms with van der Waals surface area (Å²) < 4.78 is 108. The second-order valence-electron chi connectivity index (χ2n) is 17.8. The predicted molar refractivity (Wildman–Crippen MR) is 250 cm³/mol. The molecule has 4 heterocycles. The van der Waals surface area contributed by atoms with Crippen LogP contribution in [0.5, 0.6) is 0 Å². The zero-order chi connectivity index (χ0) is 51.2. The van der Waals surface area contributed by atoms with Crippen molar-refractivity contribution >= 4 is 52.8 Å². The van der Waals surface area contributed by atoms with Crippen LogP contribution < -0.4 is 5.32 Å². The van der Waals surface area contributed by atoms with Gasteiger partial charge < -0.3 is 57.4 Å². The Kier molecular flexibility index (Phi) is 18.3. The first kappa shape index (κ1) is 54.6. The molecule has 16 atom stereocenters. The second-order valence-corrected chi connectivity index (χ2v) is 20.3. The summed E-state index contributed by atoms with van der Waals surface area (Å²) in [5.74, 6) is -4.37. The average Bonchev–Trinajstić information content (AvgIpc) is 3.83. The van der Waals surface area contributed by atoms with Gasteiger partial charge in [0.15, 0.2) is 36.8 Å². The van der Waals surface area contributed by atoms with Crippen molar-refractivity contribution in [1.29, 1.82) is 0 Å². The lowest BCUT2D eigenvalue weighted by Crippen LogP contribution is -2.69. The number of benzene rings is 3. The van der Waals surface area contributed by atoms with Crippen molar-refractivity contribution in [3.63, 3.8) is 0 Å². The van der Waals surface area contributed by atoms with Crippen LogP contribution in [-0.2, 0) is 52.1 Å². The number of hydrogen-bond donors (Lipinski definition) is 1. The van der Waals surface area contributed by atoms with Crippen LogP contribution in [0, 0.1) is 17.8 Å². The number of fused-ring (bicyclic) bond motifs is 1. The summed E-state index contributed by atoms with van der Waals surface area (Å²) in [6.07, 6.45) is -19.3. The fraction of sp³-hybridized carbons (Fsp3) is 0.540. The molecule has 0 spiro atoms. The number of hydrogen-bond acceptors (Lipinski definition) is 14. The van der Waals surface area contributed by atoms with Crippen LogP contribution in [0.1, 0.15) is 80.0 Å². The van der Waals surface area contributed by atoms with Crippen molar-refractivity contribution < 1.29 is 79.7 Å². The van der Waals surface area contributed by atoms with E-state index in [4.69, 9.17) is 86.9 Å². The van der Waals surface area contributed by atoms with Crippen molar-refractivity contribution in [2.24, 2.45) is 17.8 Å². The topological polar surface area (TPSA) is 165 Å². The number of alkyl halides is 6. The van der Waals surface area contributed by atoms with Crippen LogP contribution in [0.15, 0.2) is 103 Å². The van der Waals surface area contributed by atoms with Crippen LogP contribution in [0.4, 0.5) is 18.0 Å². The standard InChI is InChI=1S/C50H57Cl3F3NO14/c1-7-26(3)36-27(4)38(66-42(58)30-18-12-9-13-19-30)47(68-36)71-41-35(57-48(60)62-25-49(51,52)53)45(65-34-24-61-44(70-40(34)41)32-22-16-11-17-23-32)64-33(8-2)37-28(5)39(46(69-37)63-29(6)50(54,55)56)67-43(59)31-20-14-10-15-21-31/h9-23,26-28,33-41,44-47H,6-8,24-25H2,1-5H3,(H,57,60)/t26-,27?,28?,33-,34?,35?,36?,37?,38?,39?,40?,41?,44?,45?,46?,47?/m1/s1. The number of nitrogens with one attached hydrogen (secondary N) is 1. The Bertz CT molecular complexity index is 2250. The molecule has 71 heavy (non-hydrogen) atoms. The van der Waals surface area contributed by atoms with E-state index in [0.717, 1.165) is 0 Å². The summed E-state index contributed by atoms with van der Waals surface area (Å²) >= 11 is 17.9. The zero-order valence-electron chi connectivity index (χ0n) is 39.4. The highest BCUT2D eigenvalue weighted by Gasteiger charge is 2.58. The van der Waals surface area contributed by atoms with Crippen LogP contribution in [0.2, 0.25) is 0 Å². The van der Waals surface area contributed by atoms with E-state index < -0.39 is 132 Å². The summed E-state index contributed by atoms with van der Waals surface area (Å²) in [4.78, 5) is 41.0. The molecular formula is C50H57Cl3F3NO14. The number of esters is 2. The summed E-state index contributed by atoms with van der Waals surface area (Å²) in [5.41, 5.74) is 1.07. The summed E-state index contributed by atoms with van der Waals surface area (Å²) in [6, 6.07) is 23.9. The molecule has 14 unspecified atom stereocenters. The molecule has 0 saturated carbocycles. The molecule has 7 rings (SSSR count). The van der Waals surface area contributed by atoms with E-state index in [0.29, 0.717) is 17.5 Å². The number of amides is 1. The Labute approximate surface area is 424 Å². The molecule has 388 valence electrons. The van der Waals surface area contributed by atoms with Crippen molar-refractivity contribution in [3.8, 4) is 0 Å². The quantitative estimate of drug-likeness (QED) is 0.0588. The van der Waals surface area contributed by atoms with E-state index >= 15 is 0 Å². The molecule has 1 amide bonds. The van der Waals surface area contributed by atoms with Gasteiger partial charge in [0.1, 0.15) is 31.0 Å². The lowest BCUT2D eigenvalue weighted by molar-refractivity contribution is -0.368. The van der Waals surface area contributed by atoms with Gasteiger partial charge in [-0.25, -0.2) is 14.4 Å². The van der Waals surface area contributed by atoms with E-state index in [1.165, 1.54) is 12.1 Å². The van der Waals surface area contributed by atoms with Gasteiger partial charge in [-0.05, 0) is 36.6 Å². The third-order valence-electron chi connectivity index (χ3n) is 12.9. The third kappa shape index (κ3) is 13.5. The molecule has 4 saturated heterocycles. The van der Waals surface area contributed by atoms with Crippen molar-refractivity contribution in [3.05, 3.63) is 120 Å². The van der Waals surface area contributed by atoms with Gasteiger partial charge in [0, 0.05) is 17.4 Å². The minimum absolute atomic E-state index is 0.0294. The van der Waals surface area contributed by atoms with E-state index in [1.807, 2.05) is 39.0 Å². The highest BCUT2D eigenvalue weighted by Crippen LogP contribution is 2.43. The highest BCUT2D eigenvalue weighted by molar-refractivity contribution is 6.67. The Balaban J connectivity index is 1.25. The third-order valence-corrected chi connectivity index (χ3v) is 13.2. The molecule has 4 aliphatic heterocycles. The number of allylic oxidation sites excluding steroid dienone is 1. The number of carbonyl (C=O) groups excluding carboxylic acids is 3. The summed E-state index contributed by atoms with van der Waals surface area (Å²) in [7, 11) is 0. The normalized spacial score (nSPS) is 31.6. The van der Waals surface area contributed by atoms with Gasteiger partial charge >= 0.3 is 24.2 Å². The Morgan fingerprint density at radius 2 is 1.28 bits per heavy atom. The van der Waals surface area contributed by atoms with Gasteiger partial charge in [-0.3, -0.25) is 0 Å². The van der Waals surface area contributed by atoms with Crippen LogP contribution in [0.3, 0.4) is 0 Å². The fourth-order valence-corrected chi connectivity index (χ4v) is 9.17. The van der Waals surface area contributed by atoms with Gasteiger partial charge in [-0.1, -0.05) is 149 Å². The number of rotatable bonds is 17. The molecule has 1 N–H and O–H groups in total. The molecule has 0 bridgehead atoms. The van der Waals surface area contributed by atoms with E-state index in [-0.39, 0.29) is 24.5 Å². The minimum Gasteiger partial charge on any atom is -0.456 e. The average molecular weight is 1060 g/mol. The number of alkyl carbamates (subject to hydrolysis) is 1. The van der Waals surface area contributed by atoms with Gasteiger partial charge in [-0.15, -0.1) is 0 Å². The number of halogens is 6. The Morgan fingerprint density at radius 3 is 1.83 bits per heavy atom. The lowest BCUT2D eigenvalue weighted by Gasteiger charge is -2.50. The largest absolute Gasteiger partial charge is 0.456 e. The first-order valence-corrected chi connectivity index (χ1v) is 24.4. The molecule has 0 aliphatic carbocycles. The van der Waals surface area contributed by atoms with Crippen LogP contribution in [0.25, 0.3) is 0 Å². The molecule has 4 fully saturated rings. The molecule has 4 aliphatic rings. The molecule has 3 aromatic rings. The first-order valence-electron chi connectivity index (χ1n) is 23.3. The van der Waals surface area contributed by atoms with E-state index in [1.54, 1.807) is 74.5 Å². The molecule has 3 aromatic carbocycles. The summed E-state index contributed by atoms with van der Waals surface area (Å²) in [5, 5.41) is 2.76. The fourth-order valence-electron chi connectivity index (χ4n) is 9.00. The maximum absolute atomic E-state index is 13.9. The van der Waals surface area contributed by atoms with Crippen molar-refractivity contribution in [1.82, 2.24) is 5.32 Å². The van der Waals surface area contributed by atoms with Gasteiger partial charge in [0.05, 0.1) is 36.0 Å². The monoisotopic (exact) mass is 1060 g/mol. The van der Waals surface area contributed by atoms with Gasteiger partial charge in [-0.2, -0.15) is 13.2 Å². The SMILES string of the molecule is C=C(OC1OC([C@@H](CC)OC2OC3COC(c4ccccc4)OC3C(OC3OC([C@H](C)CC)C(C)C3OC(=O)c3ccccc3)C2NC(=O)OCC(Cl)(Cl)Cl)C(C)C1OC(=O)c1ccccc1)C(F)(F)F. The minimum atomic E-state index is -4.98. The maximum atomic E-state index is 13.9. The van der Waals surface area contributed by atoms with Gasteiger partial charge in [0.25, 0.3) is 0 Å². The number of carbonyl (C=O) groups is 3. The van der Waals surface area contributed by atoms with E-state index in [9.17, 15) is 27.6 Å².